The third-order valence-corrected chi connectivity index (χ3v) is 5.62. The average Bonchev–Trinajstić information content (AvgIpc) is 3.28. The molecule has 1 aromatic heterocycles. The Kier molecular flexibility index (Phi) is 7.10. The van der Waals surface area contributed by atoms with Crippen LogP contribution < -0.4 is 4.74 Å². The molecule has 0 N–H and O–H groups in total. The van der Waals surface area contributed by atoms with E-state index in [2.05, 4.69) is 0 Å². The molecule has 0 unspecified atom stereocenters. The third kappa shape index (κ3) is 5.44. The lowest BCUT2D eigenvalue weighted by molar-refractivity contribution is -0.130. The molecule has 3 aromatic carbocycles. The molecule has 168 valence electrons. The molecule has 4 aromatic rings. The SMILES string of the molecule is COc1ccc(Cl)cc1CN(C)C(=O)CCc1nc(-c2ccccc2)c(-c2ccccc2)o1. The average molecular weight is 461 g/mol. The van der Waals surface area contributed by atoms with Crippen LogP contribution in [0, 0.1) is 0 Å². The van der Waals surface area contributed by atoms with Gasteiger partial charge in [-0.25, -0.2) is 4.98 Å². The Morgan fingerprint density at radius 2 is 1.67 bits per heavy atom. The second-order valence-corrected chi connectivity index (χ2v) is 8.16. The number of benzene rings is 3. The van der Waals surface area contributed by atoms with Gasteiger partial charge in [0.1, 0.15) is 11.4 Å². The van der Waals surface area contributed by atoms with Crippen molar-refractivity contribution in [2.24, 2.45) is 0 Å². The van der Waals surface area contributed by atoms with E-state index in [1.54, 1.807) is 31.2 Å². The van der Waals surface area contributed by atoms with E-state index < -0.39 is 0 Å². The summed E-state index contributed by atoms with van der Waals surface area (Å²) >= 11 is 6.12. The zero-order valence-corrected chi connectivity index (χ0v) is 19.4. The van der Waals surface area contributed by atoms with Crippen molar-refractivity contribution >= 4 is 17.5 Å². The van der Waals surface area contributed by atoms with Crippen molar-refractivity contribution < 1.29 is 13.9 Å². The van der Waals surface area contributed by atoms with E-state index in [-0.39, 0.29) is 12.3 Å². The normalized spacial score (nSPS) is 10.8. The predicted octanol–water partition coefficient (Wildman–Crippen LogP) is 6.26. The minimum Gasteiger partial charge on any atom is -0.496 e. The number of ether oxygens (including phenoxy) is 1. The number of rotatable bonds is 8. The van der Waals surface area contributed by atoms with E-state index in [9.17, 15) is 4.79 Å². The molecule has 0 bridgehead atoms. The summed E-state index contributed by atoms with van der Waals surface area (Å²) in [6.45, 7) is 0.401. The van der Waals surface area contributed by atoms with Crippen LogP contribution >= 0.6 is 11.6 Å². The van der Waals surface area contributed by atoms with Crippen LogP contribution in [-0.2, 0) is 17.8 Å². The van der Waals surface area contributed by atoms with E-state index in [1.165, 1.54) is 0 Å². The number of carbonyl (C=O) groups excluding carboxylic acids is 1. The molecule has 0 saturated carbocycles. The highest BCUT2D eigenvalue weighted by molar-refractivity contribution is 6.30. The van der Waals surface area contributed by atoms with Crippen LogP contribution in [0.25, 0.3) is 22.6 Å². The second kappa shape index (κ2) is 10.4. The Morgan fingerprint density at radius 1 is 1.00 bits per heavy atom. The molecule has 5 nitrogen and oxygen atoms in total. The molecule has 0 aliphatic rings. The van der Waals surface area contributed by atoms with Gasteiger partial charge in [0.15, 0.2) is 11.7 Å². The molecular formula is C27H25ClN2O3. The van der Waals surface area contributed by atoms with E-state index >= 15 is 0 Å². The van der Waals surface area contributed by atoms with Crippen molar-refractivity contribution in [3.63, 3.8) is 0 Å². The summed E-state index contributed by atoms with van der Waals surface area (Å²) in [5.41, 5.74) is 3.56. The Balaban J connectivity index is 1.50. The first-order chi connectivity index (χ1) is 16.0. The van der Waals surface area contributed by atoms with Crippen molar-refractivity contribution in [1.82, 2.24) is 9.88 Å². The number of halogens is 1. The van der Waals surface area contributed by atoms with Gasteiger partial charge >= 0.3 is 0 Å². The fourth-order valence-electron chi connectivity index (χ4n) is 3.67. The summed E-state index contributed by atoms with van der Waals surface area (Å²) in [4.78, 5) is 19.2. The maximum Gasteiger partial charge on any atom is 0.223 e. The van der Waals surface area contributed by atoms with Crippen LogP contribution in [0.2, 0.25) is 5.02 Å². The fraction of sp³-hybridized carbons (Fsp3) is 0.185. The molecule has 1 amide bonds. The summed E-state index contributed by atoms with van der Waals surface area (Å²) in [7, 11) is 3.37. The zero-order chi connectivity index (χ0) is 23.2. The molecule has 0 aliphatic carbocycles. The fourth-order valence-corrected chi connectivity index (χ4v) is 3.86. The van der Waals surface area contributed by atoms with Gasteiger partial charge in [-0.05, 0) is 18.2 Å². The maximum absolute atomic E-state index is 12.8. The standard InChI is InChI=1S/C27H25ClN2O3/c1-30(18-21-17-22(28)13-14-23(21)32-2)25(31)16-15-24-29-26(19-9-5-3-6-10-19)27(33-24)20-11-7-4-8-12-20/h3-14,17H,15-16,18H2,1-2H3. The van der Waals surface area contributed by atoms with Gasteiger partial charge < -0.3 is 14.1 Å². The highest BCUT2D eigenvalue weighted by Gasteiger charge is 2.19. The van der Waals surface area contributed by atoms with Crippen molar-refractivity contribution in [3.8, 4) is 28.3 Å². The molecular weight excluding hydrogens is 436 g/mol. The number of aryl methyl sites for hydroxylation is 1. The number of methoxy groups -OCH3 is 1. The lowest BCUT2D eigenvalue weighted by atomic mass is 10.1. The molecule has 0 atom stereocenters. The van der Waals surface area contributed by atoms with Crippen LogP contribution in [0.4, 0.5) is 0 Å². The molecule has 6 heteroatoms. The lowest BCUT2D eigenvalue weighted by Crippen LogP contribution is -2.26. The Hall–Kier alpha value is -3.57. The van der Waals surface area contributed by atoms with Gasteiger partial charge in [0.2, 0.25) is 5.91 Å². The number of nitrogens with zero attached hydrogens (tertiary/aromatic N) is 2. The molecule has 1 heterocycles. The van der Waals surface area contributed by atoms with Gasteiger partial charge in [-0.15, -0.1) is 0 Å². The van der Waals surface area contributed by atoms with Crippen molar-refractivity contribution in [2.45, 2.75) is 19.4 Å². The molecule has 0 fully saturated rings. The summed E-state index contributed by atoms with van der Waals surface area (Å²) in [5, 5.41) is 0.605. The van der Waals surface area contributed by atoms with Gasteiger partial charge in [0.05, 0.1) is 7.11 Å². The minimum absolute atomic E-state index is 0.0160. The van der Waals surface area contributed by atoms with Gasteiger partial charge in [-0.1, -0.05) is 72.3 Å². The first kappa shape index (κ1) is 22.6. The Labute approximate surface area is 198 Å². The zero-order valence-electron chi connectivity index (χ0n) is 18.6. The first-order valence-electron chi connectivity index (χ1n) is 10.7. The molecule has 0 saturated heterocycles. The van der Waals surface area contributed by atoms with Crippen LogP contribution in [0.1, 0.15) is 17.9 Å². The van der Waals surface area contributed by atoms with Crippen molar-refractivity contribution in [2.75, 3.05) is 14.2 Å². The number of aromatic nitrogens is 1. The van der Waals surface area contributed by atoms with Gasteiger partial charge in [0.25, 0.3) is 0 Å². The molecule has 4 rings (SSSR count). The molecule has 0 aliphatic heterocycles. The van der Waals surface area contributed by atoms with Gasteiger partial charge in [-0.2, -0.15) is 0 Å². The van der Waals surface area contributed by atoms with E-state index in [0.717, 1.165) is 22.4 Å². The molecule has 33 heavy (non-hydrogen) atoms. The van der Waals surface area contributed by atoms with Crippen LogP contribution in [0.3, 0.4) is 0 Å². The number of carbonyl (C=O) groups is 1. The van der Waals surface area contributed by atoms with Crippen LogP contribution in [0.15, 0.2) is 83.3 Å². The quantitative estimate of drug-likeness (QED) is 0.311. The Morgan fingerprint density at radius 3 is 2.33 bits per heavy atom. The minimum atomic E-state index is -0.0160. The van der Waals surface area contributed by atoms with E-state index in [0.29, 0.717) is 35.4 Å². The van der Waals surface area contributed by atoms with Crippen LogP contribution in [0.5, 0.6) is 5.75 Å². The Bertz CT molecular complexity index is 1170. The maximum atomic E-state index is 12.8. The van der Waals surface area contributed by atoms with Gasteiger partial charge in [-0.3, -0.25) is 4.79 Å². The smallest absolute Gasteiger partial charge is 0.223 e. The van der Waals surface area contributed by atoms with Crippen LogP contribution in [-0.4, -0.2) is 29.9 Å². The molecule has 0 radical (unpaired) electrons. The largest absolute Gasteiger partial charge is 0.496 e. The number of hydrogen-bond donors (Lipinski definition) is 0. The third-order valence-electron chi connectivity index (χ3n) is 5.38. The van der Waals surface area contributed by atoms with Gasteiger partial charge in [0, 0.05) is 48.1 Å². The number of amides is 1. The van der Waals surface area contributed by atoms with Crippen molar-refractivity contribution in [1.29, 1.82) is 0 Å². The van der Waals surface area contributed by atoms with E-state index in [4.69, 9.17) is 25.7 Å². The number of oxazole rings is 1. The molecule has 0 spiro atoms. The highest BCUT2D eigenvalue weighted by atomic mass is 35.5. The summed E-state index contributed by atoms with van der Waals surface area (Å²) in [5.74, 6) is 1.93. The topological polar surface area (TPSA) is 55.6 Å². The summed E-state index contributed by atoms with van der Waals surface area (Å²) in [6, 6.07) is 25.2. The number of hydrogen-bond acceptors (Lipinski definition) is 4. The second-order valence-electron chi connectivity index (χ2n) is 7.72. The predicted molar refractivity (Wildman–Crippen MR) is 130 cm³/mol. The summed E-state index contributed by atoms with van der Waals surface area (Å²) in [6.07, 6.45) is 0.685. The summed E-state index contributed by atoms with van der Waals surface area (Å²) < 4.78 is 11.5. The van der Waals surface area contributed by atoms with E-state index in [1.807, 2.05) is 66.7 Å². The lowest BCUT2D eigenvalue weighted by Gasteiger charge is -2.19. The van der Waals surface area contributed by atoms with Crippen molar-refractivity contribution in [3.05, 3.63) is 95.3 Å². The highest BCUT2D eigenvalue weighted by Crippen LogP contribution is 2.33. The monoisotopic (exact) mass is 460 g/mol. The first-order valence-corrected chi connectivity index (χ1v) is 11.1.